The molecule has 0 radical (unpaired) electrons. The number of hydrogen-bond acceptors (Lipinski definition) is 0. The van der Waals surface area contributed by atoms with Gasteiger partial charge in [0.2, 0.25) is 0 Å². The molecule has 0 aliphatic carbocycles. The lowest BCUT2D eigenvalue weighted by molar-refractivity contribution is 0.763. The van der Waals surface area contributed by atoms with Crippen molar-refractivity contribution in [3.05, 3.63) is 71.8 Å². The fourth-order valence-corrected chi connectivity index (χ4v) is 2.54. The van der Waals surface area contributed by atoms with E-state index < -0.39 is 0 Å². The third-order valence-corrected chi connectivity index (χ3v) is 3.67. The van der Waals surface area contributed by atoms with Crippen LogP contribution in [0, 0.1) is 0 Å². The van der Waals surface area contributed by atoms with Crippen LogP contribution >= 0.6 is 15.9 Å². The summed E-state index contributed by atoms with van der Waals surface area (Å²) in [6.07, 6.45) is 3.43. The van der Waals surface area contributed by atoms with Gasteiger partial charge in [-0.25, -0.2) is 0 Å². The maximum atomic E-state index is 3.77. The molecule has 88 valence electrons. The van der Waals surface area contributed by atoms with Gasteiger partial charge in [0.15, 0.2) is 0 Å². The van der Waals surface area contributed by atoms with Gasteiger partial charge in [0.1, 0.15) is 0 Å². The second-order valence-corrected chi connectivity index (χ2v) is 5.61. The number of hydrogen-bond donors (Lipinski definition) is 0. The highest BCUT2D eigenvalue weighted by Crippen LogP contribution is 2.16. The molecule has 0 unspecified atom stereocenters. The van der Waals surface area contributed by atoms with E-state index in [0.717, 1.165) is 12.8 Å². The summed E-state index contributed by atoms with van der Waals surface area (Å²) in [6, 6.07) is 21.3. The fourth-order valence-electron chi connectivity index (χ4n) is 1.94. The van der Waals surface area contributed by atoms with E-state index in [9.17, 15) is 0 Å². The summed E-state index contributed by atoms with van der Waals surface area (Å²) in [5, 5.41) is 0. The van der Waals surface area contributed by atoms with Gasteiger partial charge in [-0.3, -0.25) is 0 Å². The van der Waals surface area contributed by atoms with Gasteiger partial charge in [-0.2, -0.15) is 0 Å². The standard InChI is InChI=1S/C16H17Br/c17-16(13-15-9-5-2-6-10-15)12-11-14-7-3-1-4-8-14/h1-10,16H,11-13H2/t16-/m1/s1. The molecule has 0 fully saturated rings. The zero-order valence-corrected chi connectivity index (χ0v) is 11.4. The average molecular weight is 289 g/mol. The molecule has 1 atom stereocenters. The van der Waals surface area contributed by atoms with E-state index in [4.69, 9.17) is 0 Å². The van der Waals surface area contributed by atoms with E-state index in [2.05, 4.69) is 76.6 Å². The zero-order valence-electron chi connectivity index (χ0n) is 9.85. The molecule has 0 saturated carbocycles. The molecule has 0 saturated heterocycles. The van der Waals surface area contributed by atoms with Crippen LogP contribution in [0.4, 0.5) is 0 Å². The van der Waals surface area contributed by atoms with Crippen molar-refractivity contribution in [2.75, 3.05) is 0 Å². The summed E-state index contributed by atoms with van der Waals surface area (Å²) < 4.78 is 0. The molecule has 0 bridgehead atoms. The van der Waals surface area contributed by atoms with Gasteiger partial charge >= 0.3 is 0 Å². The molecule has 2 aromatic carbocycles. The average Bonchev–Trinajstić information content (AvgIpc) is 2.39. The zero-order chi connectivity index (χ0) is 11.9. The van der Waals surface area contributed by atoms with Crippen LogP contribution in [0.5, 0.6) is 0 Å². The molecule has 0 heterocycles. The van der Waals surface area contributed by atoms with Crippen LogP contribution in [0.25, 0.3) is 0 Å². The maximum absolute atomic E-state index is 3.77. The van der Waals surface area contributed by atoms with Crippen LogP contribution in [0.3, 0.4) is 0 Å². The molecule has 0 aromatic heterocycles. The second kappa shape index (κ2) is 6.61. The van der Waals surface area contributed by atoms with Crippen LogP contribution < -0.4 is 0 Å². The summed E-state index contributed by atoms with van der Waals surface area (Å²) in [6.45, 7) is 0. The molecule has 2 rings (SSSR count). The molecule has 2 aromatic rings. The van der Waals surface area contributed by atoms with Gasteiger partial charge in [-0.05, 0) is 30.4 Å². The van der Waals surface area contributed by atoms with Gasteiger partial charge < -0.3 is 0 Å². The van der Waals surface area contributed by atoms with Crippen LogP contribution in [0.15, 0.2) is 60.7 Å². The Bertz CT molecular complexity index is 422. The van der Waals surface area contributed by atoms with Crippen molar-refractivity contribution in [1.29, 1.82) is 0 Å². The predicted octanol–water partition coefficient (Wildman–Crippen LogP) is 4.63. The van der Waals surface area contributed by atoms with Gasteiger partial charge in [-0.1, -0.05) is 76.6 Å². The Morgan fingerprint density at radius 2 is 1.29 bits per heavy atom. The van der Waals surface area contributed by atoms with E-state index in [-0.39, 0.29) is 0 Å². The Hall–Kier alpha value is -1.08. The topological polar surface area (TPSA) is 0 Å². The maximum Gasteiger partial charge on any atom is 0.0189 e. The minimum Gasteiger partial charge on any atom is -0.0887 e. The third-order valence-electron chi connectivity index (χ3n) is 2.89. The van der Waals surface area contributed by atoms with E-state index >= 15 is 0 Å². The minimum absolute atomic E-state index is 0.560. The number of aryl methyl sites for hydroxylation is 1. The van der Waals surface area contributed by atoms with Crippen molar-refractivity contribution in [3.8, 4) is 0 Å². The quantitative estimate of drug-likeness (QED) is 0.704. The molecule has 17 heavy (non-hydrogen) atoms. The second-order valence-electron chi connectivity index (χ2n) is 4.31. The Balaban J connectivity index is 1.80. The normalized spacial score (nSPS) is 12.3. The van der Waals surface area contributed by atoms with Crippen molar-refractivity contribution in [1.82, 2.24) is 0 Å². The first-order chi connectivity index (χ1) is 8.34. The monoisotopic (exact) mass is 288 g/mol. The predicted molar refractivity (Wildman–Crippen MR) is 77.6 cm³/mol. The number of rotatable bonds is 5. The molecular formula is C16H17Br. The Kier molecular flexibility index (Phi) is 4.81. The van der Waals surface area contributed by atoms with Gasteiger partial charge in [0.25, 0.3) is 0 Å². The highest BCUT2D eigenvalue weighted by molar-refractivity contribution is 9.09. The van der Waals surface area contributed by atoms with E-state index in [1.165, 1.54) is 17.5 Å². The van der Waals surface area contributed by atoms with Crippen molar-refractivity contribution < 1.29 is 0 Å². The van der Waals surface area contributed by atoms with Crippen LogP contribution in [0.1, 0.15) is 17.5 Å². The number of alkyl halides is 1. The molecule has 0 aliphatic heterocycles. The third kappa shape index (κ3) is 4.35. The van der Waals surface area contributed by atoms with Crippen LogP contribution in [0.2, 0.25) is 0 Å². The van der Waals surface area contributed by atoms with Crippen molar-refractivity contribution >= 4 is 15.9 Å². The summed E-state index contributed by atoms with van der Waals surface area (Å²) in [4.78, 5) is 0.560. The summed E-state index contributed by atoms with van der Waals surface area (Å²) in [7, 11) is 0. The number of halogens is 1. The molecular weight excluding hydrogens is 272 g/mol. The largest absolute Gasteiger partial charge is 0.0887 e. The Morgan fingerprint density at radius 3 is 1.88 bits per heavy atom. The molecule has 1 heteroatoms. The molecule has 0 amide bonds. The fraction of sp³-hybridized carbons (Fsp3) is 0.250. The first-order valence-electron chi connectivity index (χ1n) is 6.06. The van der Waals surface area contributed by atoms with Crippen LogP contribution in [-0.2, 0) is 12.8 Å². The van der Waals surface area contributed by atoms with Gasteiger partial charge in [0, 0.05) is 4.83 Å². The molecule has 0 spiro atoms. The highest BCUT2D eigenvalue weighted by atomic mass is 79.9. The van der Waals surface area contributed by atoms with Gasteiger partial charge in [0.05, 0.1) is 0 Å². The van der Waals surface area contributed by atoms with E-state index in [1.54, 1.807) is 0 Å². The molecule has 0 N–H and O–H groups in total. The summed E-state index contributed by atoms with van der Waals surface area (Å²) in [5.74, 6) is 0. The van der Waals surface area contributed by atoms with E-state index in [0.29, 0.717) is 4.83 Å². The lowest BCUT2D eigenvalue weighted by atomic mass is 10.0. The van der Waals surface area contributed by atoms with E-state index in [1.807, 2.05) is 0 Å². The highest BCUT2D eigenvalue weighted by Gasteiger charge is 2.05. The first-order valence-corrected chi connectivity index (χ1v) is 6.98. The molecule has 0 nitrogen and oxygen atoms in total. The Morgan fingerprint density at radius 1 is 0.765 bits per heavy atom. The summed E-state index contributed by atoms with van der Waals surface area (Å²) >= 11 is 3.77. The smallest absolute Gasteiger partial charge is 0.0189 e. The Labute approximate surface area is 112 Å². The minimum atomic E-state index is 0.560. The van der Waals surface area contributed by atoms with Crippen LogP contribution in [-0.4, -0.2) is 4.83 Å². The van der Waals surface area contributed by atoms with Crippen molar-refractivity contribution in [2.24, 2.45) is 0 Å². The lowest BCUT2D eigenvalue weighted by Gasteiger charge is -2.09. The van der Waals surface area contributed by atoms with Crippen molar-refractivity contribution in [3.63, 3.8) is 0 Å². The molecule has 0 aliphatic rings. The lowest BCUT2D eigenvalue weighted by Crippen LogP contribution is -2.04. The summed E-state index contributed by atoms with van der Waals surface area (Å²) in [5.41, 5.74) is 2.83. The SMILES string of the molecule is Br[C@H](CCc1ccccc1)Cc1ccccc1. The van der Waals surface area contributed by atoms with Gasteiger partial charge in [-0.15, -0.1) is 0 Å². The first kappa shape index (κ1) is 12.4. The number of benzene rings is 2. The van der Waals surface area contributed by atoms with Crippen molar-refractivity contribution in [2.45, 2.75) is 24.1 Å².